The van der Waals surface area contributed by atoms with Crippen molar-refractivity contribution in [1.82, 2.24) is 4.90 Å². The highest BCUT2D eigenvalue weighted by Crippen LogP contribution is 2.50. The first-order valence-corrected chi connectivity index (χ1v) is 6.19. The van der Waals surface area contributed by atoms with E-state index in [9.17, 15) is 0 Å². The van der Waals surface area contributed by atoms with Crippen LogP contribution in [-0.4, -0.2) is 25.0 Å². The van der Waals surface area contributed by atoms with E-state index in [0.29, 0.717) is 5.41 Å². The van der Waals surface area contributed by atoms with Crippen molar-refractivity contribution in [2.24, 2.45) is 11.3 Å². The summed E-state index contributed by atoms with van der Waals surface area (Å²) >= 11 is 0. The Morgan fingerprint density at radius 1 is 1.29 bits per heavy atom. The van der Waals surface area contributed by atoms with Crippen molar-refractivity contribution in [3.8, 4) is 0 Å². The third-order valence-corrected chi connectivity index (χ3v) is 4.30. The summed E-state index contributed by atoms with van der Waals surface area (Å²) in [6.45, 7) is 7.09. The zero-order valence-electron chi connectivity index (χ0n) is 10.6. The Morgan fingerprint density at radius 2 is 1.86 bits per heavy atom. The molecule has 0 amide bonds. The van der Waals surface area contributed by atoms with E-state index in [1.807, 2.05) is 0 Å². The Morgan fingerprint density at radius 3 is 2.21 bits per heavy atom. The van der Waals surface area contributed by atoms with Crippen LogP contribution in [0.5, 0.6) is 0 Å². The van der Waals surface area contributed by atoms with Crippen LogP contribution in [0.15, 0.2) is 0 Å². The van der Waals surface area contributed by atoms with E-state index >= 15 is 0 Å². The number of rotatable bonds is 5. The Labute approximate surface area is 89.9 Å². The van der Waals surface area contributed by atoms with Gasteiger partial charge < -0.3 is 4.90 Å². The van der Waals surface area contributed by atoms with Crippen molar-refractivity contribution >= 4 is 0 Å². The Kier molecular flexibility index (Phi) is 4.00. The van der Waals surface area contributed by atoms with E-state index in [1.165, 1.54) is 32.1 Å². The molecule has 0 saturated heterocycles. The van der Waals surface area contributed by atoms with Crippen LogP contribution in [0.25, 0.3) is 0 Å². The average Bonchev–Trinajstić information content (AvgIpc) is 2.09. The molecule has 1 saturated carbocycles. The molecule has 0 heterocycles. The summed E-state index contributed by atoms with van der Waals surface area (Å²) in [5.74, 6) is 0.915. The summed E-state index contributed by atoms with van der Waals surface area (Å²) in [4.78, 5) is 2.39. The molecule has 1 nitrogen and oxygen atoms in total. The lowest BCUT2D eigenvalue weighted by Gasteiger charge is -2.51. The lowest BCUT2D eigenvalue weighted by Crippen LogP contribution is -2.48. The van der Waals surface area contributed by atoms with Crippen LogP contribution in [0.1, 0.15) is 52.9 Å². The van der Waals surface area contributed by atoms with Gasteiger partial charge in [-0.05, 0) is 44.7 Å². The second-order valence-corrected chi connectivity index (χ2v) is 5.60. The fourth-order valence-corrected chi connectivity index (χ4v) is 2.79. The predicted octanol–water partition coefficient (Wildman–Crippen LogP) is 3.54. The summed E-state index contributed by atoms with van der Waals surface area (Å²) in [6.07, 6.45) is 7.03. The second kappa shape index (κ2) is 4.65. The summed E-state index contributed by atoms with van der Waals surface area (Å²) < 4.78 is 0. The highest BCUT2D eigenvalue weighted by Gasteiger charge is 2.43. The van der Waals surface area contributed by atoms with Crippen molar-refractivity contribution in [2.75, 3.05) is 14.1 Å². The molecule has 1 aliphatic rings. The van der Waals surface area contributed by atoms with E-state index in [0.717, 1.165) is 12.0 Å². The summed E-state index contributed by atoms with van der Waals surface area (Å²) in [6, 6.07) is 0.860. The first kappa shape index (κ1) is 12.0. The summed E-state index contributed by atoms with van der Waals surface area (Å²) in [7, 11) is 4.43. The largest absolute Gasteiger partial charge is 0.306 e. The van der Waals surface area contributed by atoms with Gasteiger partial charge >= 0.3 is 0 Å². The lowest BCUT2D eigenvalue weighted by molar-refractivity contribution is 0.00235. The molecule has 0 spiro atoms. The van der Waals surface area contributed by atoms with Crippen LogP contribution in [0.3, 0.4) is 0 Å². The molecule has 0 aromatic rings. The molecule has 1 rings (SSSR count). The van der Waals surface area contributed by atoms with Crippen LogP contribution in [0.2, 0.25) is 0 Å². The number of hydrogen-bond acceptors (Lipinski definition) is 1. The van der Waals surface area contributed by atoms with Gasteiger partial charge in [0.05, 0.1) is 0 Å². The maximum Gasteiger partial charge on any atom is 0.00997 e. The van der Waals surface area contributed by atoms with Gasteiger partial charge in [0, 0.05) is 6.04 Å². The summed E-state index contributed by atoms with van der Waals surface area (Å²) in [5, 5.41) is 0. The van der Waals surface area contributed by atoms with Gasteiger partial charge in [-0.2, -0.15) is 0 Å². The zero-order valence-corrected chi connectivity index (χ0v) is 10.6. The SMILES string of the molecule is CCC(C)CC1(CC)CC(N(C)C)C1. The molecule has 0 N–H and O–H groups in total. The van der Waals surface area contributed by atoms with E-state index in [1.54, 1.807) is 0 Å². The fraction of sp³-hybridized carbons (Fsp3) is 1.00. The van der Waals surface area contributed by atoms with E-state index < -0.39 is 0 Å². The van der Waals surface area contributed by atoms with Crippen molar-refractivity contribution in [3.63, 3.8) is 0 Å². The van der Waals surface area contributed by atoms with Crippen LogP contribution in [0, 0.1) is 11.3 Å². The lowest BCUT2D eigenvalue weighted by atomic mass is 9.59. The molecule has 1 fully saturated rings. The summed E-state index contributed by atoms with van der Waals surface area (Å²) in [5.41, 5.74) is 0.699. The monoisotopic (exact) mass is 197 g/mol. The molecule has 0 aromatic carbocycles. The molecule has 0 radical (unpaired) electrons. The number of nitrogens with zero attached hydrogens (tertiary/aromatic N) is 1. The van der Waals surface area contributed by atoms with Gasteiger partial charge in [0.1, 0.15) is 0 Å². The van der Waals surface area contributed by atoms with Gasteiger partial charge in [0.25, 0.3) is 0 Å². The minimum absolute atomic E-state index is 0.699. The van der Waals surface area contributed by atoms with Gasteiger partial charge in [-0.25, -0.2) is 0 Å². The highest BCUT2D eigenvalue weighted by molar-refractivity contribution is 4.97. The maximum absolute atomic E-state index is 2.40. The van der Waals surface area contributed by atoms with Crippen molar-refractivity contribution < 1.29 is 0 Å². The van der Waals surface area contributed by atoms with Crippen LogP contribution in [0.4, 0.5) is 0 Å². The van der Waals surface area contributed by atoms with Gasteiger partial charge in [0.15, 0.2) is 0 Å². The first-order valence-electron chi connectivity index (χ1n) is 6.19. The molecule has 14 heavy (non-hydrogen) atoms. The van der Waals surface area contributed by atoms with Crippen molar-refractivity contribution in [1.29, 1.82) is 0 Å². The molecule has 0 aromatic heterocycles. The van der Waals surface area contributed by atoms with Crippen LogP contribution in [-0.2, 0) is 0 Å². The number of hydrogen-bond donors (Lipinski definition) is 0. The smallest absolute Gasteiger partial charge is 0.00997 e. The predicted molar refractivity (Wildman–Crippen MR) is 63.5 cm³/mol. The van der Waals surface area contributed by atoms with Gasteiger partial charge in [-0.1, -0.05) is 33.6 Å². The first-order chi connectivity index (χ1) is 6.53. The van der Waals surface area contributed by atoms with Gasteiger partial charge in [-0.3, -0.25) is 0 Å². The molecule has 0 bridgehead atoms. The van der Waals surface area contributed by atoms with Crippen molar-refractivity contribution in [2.45, 2.75) is 58.9 Å². The second-order valence-electron chi connectivity index (χ2n) is 5.60. The van der Waals surface area contributed by atoms with E-state index in [2.05, 4.69) is 39.8 Å². The molecule has 84 valence electrons. The normalized spacial score (nSPS) is 34.3. The minimum atomic E-state index is 0.699. The zero-order chi connectivity index (χ0) is 10.8. The molecular weight excluding hydrogens is 170 g/mol. The highest BCUT2D eigenvalue weighted by atomic mass is 15.1. The Hall–Kier alpha value is -0.0400. The third-order valence-electron chi connectivity index (χ3n) is 4.30. The fourth-order valence-electron chi connectivity index (χ4n) is 2.79. The minimum Gasteiger partial charge on any atom is -0.306 e. The average molecular weight is 197 g/mol. The molecule has 0 aliphatic heterocycles. The van der Waals surface area contributed by atoms with Gasteiger partial charge in [-0.15, -0.1) is 0 Å². The molecular formula is C13H27N. The Bertz CT molecular complexity index is 168. The maximum atomic E-state index is 2.40. The molecule has 1 aliphatic carbocycles. The standard InChI is InChI=1S/C13H27N/c1-6-11(3)8-13(7-2)9-12(10-13)14(4)5/h11-12H,6-10H2,1-5H3. The molecule has 1 unspecified atom stereocenters. The third kappa shape index (κ3) is 2.50. The Balaban J connectivity index is 2.40. The topological polar surface area (TPSA) is 3.24 Å². The van der Waals surface area contributed by atoms with Crippen LogP contribution >= 0.6 is 0 Å². The van der Waals surface area contributed by atoms with E-state index in [4.69, 9.17) is 0 Å². The quantitative estimate of drug-likeness (QED) is 0.651. The van der Waals surface area contributed by atoms with E-state index in [-0.39, 0.29) is 0 Å². The van der Waals surface area contributed by atoms with Crippen molar-refractivity contribution in [3.05, 3.63) is 0 Å². The molecule has 1 atom stereocenters. The molecule has 1 heteroatoms. The van der Waals surface area contributed by atoms with Gasteiger partial charge in [0.2, 0.25) is 0 Å². The van der Waals surface area contributed by atoms with Crippen LogP contribution < -0.4 is 0 Å².